The van der Waals surface area contributed by atoms with Crippen LogP contribution in [-0.2, 0) is 28.6 Å². The summed E-state index contributed by atoms with van der Waals surface area (Å²) in [5, 5.41) is 0. The van der Waals surface area contributed by atoms with Gasteiger partial charge >= 0.3 is 17.9 Å². The molecular weight excluding hydrogens is 240 g/mol. The Labute approximate surface area is 106 Å². The molecule has 1 atom stereocenters. The number of carbonyl (C=O) groups is 3. The van der Waals surface area contributed by atoms with Crippen molar-refractivity contribution in [2.75, 3.05) is 14.2 Å². The third kappa shape index (κ3) is 3.58. The fraction of sp³-hybridized carbons (Fsp3) is 0.583. The molecule has 0 spiro atoms. The number of rotatable bonds is 5. The van der Waals surface area contributed by atoms with Gasteiger partial charge in [0.05, 0.1) is 20.5 Å². The summed E-state index contributed by atoms with van der Waals surface area (Å²) < 4.78 is 13.8. The first-order chi connectivity index (χ1) is 8.30. The topological polar surface area (TPSA) is 78.9 Å². The van der Waals surface area contributed by atoms with E-state index in [0.29, 0.717) is 0 Å². The van der Waals surface area contributed by atoms with Gasteiger partial charge in [-0.25, -0.2) is 0 Å². The summed E-state index contributed by atoms with van der Waals surface area (Å²) in [6, 6.07) is 0. The molecule has 0 aliphatic carbocycles. The average molecular weight is 258 g/mol. The number of hydrogen-bond donors (Lipinski definition) is 0. The van der Waals surface area contributed by atoms with Crippen molar-refractivity contribution in [1.82, 2.24) is 0 Å². The van der Waals surface area contributed by atoms with Crippen LogP contribution in [0.1, 0.15) is 20.8 Å². The normalized spacial score (nSPS) is 12.9. The molecule has 0 aromatic carbocycles. The molecule has 0 amide bonds. The molecule has 0 fully saturated rings. The smallest absolute Gasteiger partial charge is 0.323 e. The Kier molecular flexibility index (Phi) is 6.08. The minimum absolute atomic E-state index is 0.490. The highest BCUT2D eigenvalue weighted by Gasteiger charge is 2.47. The average Bonchev–Trinajstić information content (AvgIpc) is 2.34. The van der Waals surface area contributed by atoms with Crippen LogP contribution in [0.2, 0.25) is 0 Å². The number of esters is 3. The van der Waals surface area contributed by atoms with Crippen molar-refractivity contribution < 1.29 is 28.6 Å². The summed E-state index contributed by atoms with van der Waals surface area (Å²) in [5.41, 5.74) is -1.49. The summed E-state index contributed by atoms with van der Waals surface area (Å²) in [6.07, 6.45) is 2.56. The van der Waals surface area contributed by atoms with Crippen LogP contribution >= 0.6 is 0 Å². The van der Waals surface area contributed by atoms with Crippen molar-refractivity contribution >= 4 is 17.9 Å². The molecule has 0 radical (unpaired) electrons. The van der Waals surface area contributed by atoms with Gasteiger partial charge in [-0.15, -0.1) is 0 Å². The maximum absolute atomic E-state index is 11.7. The number of hydrogen-bond acceptors (Lipinski definition) is 6. The molecule has 0 aliphatic heterocycles. The second-order valence-corrected chi connectivity index (χ2v) is 3.91. The van der Waals surface area contributed by atoms with Gasteiger partial charge in [0.15, 0.2) is 5.41 Å². The molecule has 6 nitrogen and oxygen atoms in total. The van der Waals surface area contributed by atoms with E-state index in [2.05, 4.69) is 14.2 Å². The first-order valence-electron chi connectivity index (χ1n) is 5.31. The Hall–Kier alpha value is -1.85. The lowest BCUT2D eigenvalue weighted by Crippen LogP contribution is -2.43. The minimum Gasteiger partial charge on any atom is -0.468 e. The molecule has 0 bridgehead atoms. The van der Waals surface area contributed by atoms with E-state index >= 15 is 0 Å². The van der Waals surface area contributed by atoms with E-state index in [-0.39, 0.29) is 0 Å². The molecule has 0 saturated carbocycles. The molecular formula is C12H18O6. The molecule has 0 unspecified atom stereocenters. The van der Waals surface area contributed by atoms with Crippen molar-refractivity contribution in [1.29, 1.82) is 0 Å². The van der Waals surface area contributed by atoms with Crippen LogP contribution in [0.5, 0.6) is 0 Å². The minimum atomic E-state index is -1.49. The Morgan fingerprint density at radius 1 is 1.11 bits per heavy atom. The summed E-state index contributed by atoms with van der Waals surface area (Å²) in [4.78, 5) is 34.0. The number of methoxy groups -OCH3 is 2. The SMILES string of the molecule is COC(=O)C(C)(C(=O)OC)[C@@H](C)/C=C/OC(C)=O. The van der Waals surface area contributed by atoms with Crippen LogP contribution < -0.4 is 0 Å². The largest absolute Gasteiger partial charge is 0.468 e. The van der Waals surface area contributed by atoms with Gasteiger partial charge in [0.2, 0.25) is 0 Å². The van der Waals surface area contributed by atoms with Gasteiger partial charge in [-0.3, -0.25) is 14.4 Å². The van der Waals surface area contributed by atoms with Crippen molar-refractivity contribution in [2.24, 2.45) is 11.3 Å². The molecule has 0 saturated heterocycles. The van der Waals surface area contributed by atoms with Crippen LogP contribution in [0.15, 0.2) is 12.3 Å². The molecule has 6 heteroatoms. The molecule has 0 aliphatic rings. The molecule has 18 heavy (non-hydrogen) atoms. The molecule has 0 aromatic heterocycles. The number of carbonyl (C=O) groups excluding carboxylic acids is 3. The van der Waals surface area contributed by atoms with Crippen molar-refractivity contribution in [3.05, 3.63) is 12.3 Å². The maximum atomic E-state index is 11.7. The zero-order chi connectivity index (χ0) is 14.3. The summed E-state index contributed by atoms with van der Waals surface area (Å²) in [7, 11) is 2.37. The van der Waals surface area contributed by atoms with Crippen LogP contribution in [0.25, 0.3) is 0 Å². The first-order valence-corrected chi connectivity index (χ1v) is 5.31. The standard InChI is InChI=1S/C12H18O6/c1-8(6-7-18-9(2)13)12(3,10(14)16-4)11(15)17-5/h6-8H,1-5H3/b7-6+/t8-/m0/s1. The van der Waals surface area contributed by atoms with Gasteiger partial charge in [0, 0.05) is 12.8 Å². The number of ether oxygens (including phenoxy) is 3. The highest BCUT2D eigenvalue weighted by Crippen LogP contribution is 2.31. The third-order valence-corrected chi connectivity index (χ3v) is 2.73. The lowest BCUT2D eigenvalue weighted by molar-refractivity contribution is -0.170. The second kappa shape index (κ2) is 6.78. The lowest BCUT2D eigenvalue weighted by Gasteiger charge is -2.27. The first kappa shape index (κ1) is 16.1. The van der Waals surface area contributed by atoms with E-state index in [4.69, 9.17) is 0 Å². The van der Waals surface area contributed by atoms with E-state index in [1.54, 1.807) is 6.92 Å². The van der Waals surface area contributed by atoms with Crippen LogP contribution in [0.3, 0.4) is 0 Å². The van der Waals surface area contributed by atoms with Gasteiger partial charge in [0.25, 0.3) is 0 Å². The van der Waals surface area contributed by atoms with Gasteiger partial charge in [-0.1, -0.05) is 6.92 Å². The summed E-state index contributed by atoms with van der Waals surface area (Å²) in [6.45, 7) is 4.27. The Bertz CT molecular complexity index is 342. The van der Waals surface area contributed by atoms with E-state index in [1.807, 2.05) is 0 Å². The summed E-state index contributed by atoms with van der Waals surface area (Å²) >= 11 is 0. The molecule has 0 rings (SSSR count). The van der Waals surface area contributed by atoms with E-state index in [0.717, 1.165) is 6.26 Å². The van der Waals surface area contributed by atoms with Crippen molar-refractivity contribution in [2.45, 2.75) is 20.8 Å². The van der Waals surface area contributed by atoms with Crippen molar-refractivity contribution in [3.63, 3.8) is 0 Å². The fourth-order valence-electron chi connectivity index (χ4n) is 1.32. The monoisotopic (exact) mass is 258 g/mol. The Morgan fingerprint density at radius 3 is 1.89 bits per heavy atom. The number of allylic oxidation sites excluding steroid dienone is 1. The predicted octanol–water partition coefficient (Wildman–Crippen LogP) is 1.05. The Morgan fingerprint density at radius 2 is 1.56 bits per heavy atom. The predicted molar refractivity (Wildman–Crippen MR) is 62.2 cm³/mol. The molecule has 0 N–H and O–H groups in total. The fourth-order valence-corrected chi connectivity index (χ4v) is 1.32. The third-order valence-electron chi connectivity index (χ3n) is 2.73. The van der Waals surface area contributed by atoms with Gasteiger partial charge in [-0.2, -0.15) is 0 Å². The molecule has 0 heterocycles. The zero-order valence-corrected chi connectivity index (χ0v) is 11.2. The zero-order valence-electron chi connectivity index (χ0n) is 11.2. The van der Waals surface area contributed by atoms with E-state index in [9.17, 15) is 14.4 Å². The van der Waals surface area contributed by atoms with E-state index in [1.165, 1.54) is 34.1 Å². The highest BCUT2D eigenvalue weighted by molar-refractivity contribution is 6.00. The maximum Gasteiger partial charge on any atom is 0.323 e. The van der Waals surface area contributed by atoms with Gasteiger partial charge in [0.1, 0.15) is 0 Å². The Balaban J connectivity index is 5.09. The second-order valence-electron chi connectivity index (χ2n) is 3.91. The van der Waals surface area contributed by atoms with E-state index < -0.39 is 29.2 Å². The molecule has 0 aromatic rings. The highest BCUT2D eigenvalue weighted by atomic mass is 16.5. The quantitative estimate of drug-likeness (QED) is 0.317. The van der Waals surface area contributed by atoms with Gasteiger partial charge < -0.3 is 14.2 Å². The van der Waals surface area contributed by atoms with Gasteiger partial charge in [-0.05, 0) is 13.0 Å². The molecule has 102 valence electrons. The van der Waals surface area contributed by atoms with Crippen molar-refractivity contribution in [3.8, 4) is 0 Å². The lowest BCUT2D eigenvalue weighted by atomic mass is 9.78. The van der Waals surface area contributed by atoms with Crippen LogP contribution in [0.4, 0.5) is 0 Å². The van der Waals surface area contributed by atoms with Crippen LogP contribution in [-0.4, -0.2) is 32.1 Å². The van der Waals surface area contributed by atoms with Crippen LogP contribution in [0, 0.1) is 11.3 Å². The summed E-state index contributed by atoms with van der Waals surface area (Å²) in [5.74, 6) is -2.48.